The first-order chi connectivity index (χ1) is 18.5. The van der Waals surface area contributed by atoms with Crippen molar-refractivity contribution in [2.24, 2.45) is 20.5 Å². The van der Waals surface area contributed by atoms with Gasteiger partial charge in [-0.1, -0.05) is 36.4 Å². The number of hydrogen-bond acceptors (Lipinski definition) is 9. The molecule has 196 valence electrons. The Kier molecular flexibility index (Phi) is 6.66. The zero-order valence-corrected chi connectivity index (χ0v) is 21.5. The van der Waals surface area contributed by atoms with Crippen LogP contribution in [0.15, 0.2) is 121 Å². The number of benzene rings is 5. The van der Waals surface area contributed by atoms with Crippen molar-refractivity contribution in [2.45, 2.75) is 9.79 Å². The lowest BCUT2D eigenvalue weighted by Gasteiger charge is -2.09. The van der Waals surface area contributed by atoms with E-state index >= 15 is 0 Å². The van der Waals surface area contributed by atoms with E-state index < -0.39 is 20.2 Å². The predicted octanol–water partition coefficient (Wildman–Crippen LogP) is 6.90. The lowest BCUT2D eigenvalue weighted by atomic mass is 10.1. The van der Waals surface area contributed by atoms with Crippen molar-refractivity contribution in [1.82, 2.24) is 0 Å². The van der Waals surface area contributed by atoms with Crippen LogP contribution in [0.3, 0.4) is 0 Å². The van der Waals surface area contributed by atoms with Crippen LogP contribution in [0.2, 0.25) is 0 Å². The zero-order chi connectivity index (χ0) is 27.8. The first kappa shape index (κ1) is 26.1. The summed E-state index contributed by atoms with van der Waals surface area (Å²) < 4.78 is 66.7. The summed E-state index contributed by atoms with van der Waals surface area (Å²) in [5.74, 6) is 0. The van der Waals surface area contributed by atoms with E-state index in [1.807, 2.05) is 18.2 Å². The Hall–Kier alpha value is -4.56. The molecule has 0 amide bonds. The summed E-state index contributed by atoms with van der Waals surface area (Å²) in [4.78, 5) is -0.717. The molecule has 0 saturated carbocycles. The Balaban J connectivity index is 1.67. The van der Waals surface area contributed by atoms with Gasteiger partial charge >= 0.3 is 0 Å². The summed E-state index contributed by atoms with van der Waals surface area (Å²) in [5, 5.41) is 18.3. The monoisotopic (exact) mass is 561 g/mol. The van der Waals surface area contributed by atoms with Gasteiger partial charge in [0.05, 0.1) is 27.6 Å². The molecule has 0 bridgehead atoms. The number of nitrogen functional groups attached to an aromatic ring is 1. The molecule has 13 heteroatoms. The third kappa shape index (κ3) is 5.37. The van der Waals surface area contributed by atoms with E-state index in [9.17, 15) is 25.9 Å². The number of hydrogen-bond donors (Lipinski definition) is 3. The Morgan fingerprint density at radius 1 is 0.564 bits per heavy atom. The highest BCUT2D eigenvalue weighted by atomic mass is 32.2. The fourth-order valence-corrected chi connectivity index (χ4v) is 5.27. The molecule has 5 aromatic carbocycles. The fraction of sp³-hybridized carbons (Fsp3) is 0. The van der Waals surface area contributed by atoms with Crippen LogP contribution < -0.4 is 5.73 Å². The maximum Gasteiger partial charge on any atom is 0.295 e. The first-order valence-corrected chi connectivity index (χ1v) is 14.1. The van der Waals surface area contributed by atoms with E-state index in [0.29, 0.717) is 27.5 Å². The van der Waals surface area contributed by atoms with Crippen molar-refractivity contribution in [3.05, 3.63) is 91.0 Å². The highest BCUT2D eigenvalue weighted by Gasteiger charge is 2.18. The molecular weight excluding hydrogens is 542 g/mol. The van der Waals surface area contributed by atoms with Crippen molar-refractivity contribution in [2.75, 3.05) is 5.73 Å². The van der Waals surface area contributed by atoms with Crippen LogP contribution in [0.25, 0.3) is 21.5 Å². The van der Waals surface area contributed by atoms with E-state index in [2.05, 4.69) is 20.5 Å². The van der Waals surface area contributed by atoms with E-state index in [1.54, 1.807) is 36.4 Å². The molecule has 0 aliphatic carbocycles. The number of anilines is 1. The second kappa shape index (κ2) is 9.96. The van der Waals surface area contributed by atoms with E-state index in [4.69, 9.17) is 5.73 Å². The molecule has 5 aromatic rings. The molecule has 0 aromatic heterocycles. The molecule has 11 nitrogen and oxygen atoms in total. The molecule has 0 fully saturated rings. The van der Waals surface area contributed by atoms with Gasteiger partial charge in [0, 0.05) is 27.2 Å². The number of nitrogens with zero attached hydrogens (tertiary/aromatic N) is 4. The Morgan fingerprint density at radius 3 is 1.85 bits per heavy atom. The lowest BCUT2D eigenvalue weighted by Crippen LogP contribution is -2.01. The van der Waals surface area contributed by atoms with Gasteiger partial charge in [-0.2, -0.15) is 21.9 Å². The molecular formula is C26H19N5O6S2. The molecule has 0 atom stereocenters. The molecule has 0 radical (unpaired) electrons. The molecule has 0 spiro atoms. The number of rotatable bonds is 6. The van der Waals surface area contributed by atoms with Crippen LogP contribution >= 0.6 is 0 Å². The molecule has 0 aliphatic heterocycles. The topological polar surface area (TPSA) is 184 Å². The third-order valence-electron chi connectivity index (χ3n) is 5.82. The molecule has 4 N–H and O–H groups in total. The summed E-state index contributed by atoms with van der Waals surface area (Å²) >= 11 is 0. The molecule has 0 heterocycles. The van der Waals surface area contributed by atoms with Gasteiger partial charge < -0.3 is 5.73 Å². The van der Waals surface area contributed by atoms with Gasteiger partial charge in [-0.3, -0.25) is 9.11 Å². The maximum atomic E-state index is 11.9. The van der Waals surface area contributed by atoms with Crippen molar-refractivity contribution in [1.29, 1.82) is 0 Å². The van der Waals surface area contributed by atoms with E-state index in [-0.39, 0.29) is 32.2 Å². The van der Waals surface area contributed by atoms with Crippen LogP contribution in [-0.2, 0) is 20.2 Å². The average Bonchev–Trinajstić information content (AvgIpc) is 2.90. The minimum absolute atomic E-state index is 0.0895. The SMILES string of the molecule is Nc1cccc2c(/N=N/c3ccc(/N=N/c4ccccc4)c4ccc(S(=O)(=O)O)cc34)ccc(S(=O)(=O)O)c12. The van der Waals surface area contributed by atoms with Gasteiger partial charge in [0.2, 0.25) is 0 Å². The summed E-state index contributed by atoms with van der Waals surface area (Å²) in [6, 6.07) is 23.4. The normalized spacial score (nSPS) is 12.7. The Bertz CT molecular complexity index is 2030. The Labute approximate surface area is 222 Å². The third-order valence-corrected chi connectivity index (χ3v) is 7.57. The maximum absolute atomic E-state index is 11.9. The molecule has 0 aliphatic rings. The molecule has 5 rings (SSSR count). The molecule has 0 saturated heterocycles. The summed E-state index contributed by atoms with van der Waals surface area (Å²) in [6.07, 6.45) is 0. The second-order valence-corrected chi connectivity index (χ2v) is 11.2. The molecule has 39 heavy (non-hydrogen) atoms. The minimum atomic E-state index is -4.57. The number of nitrogens with two attached hydrogens (primary N) is 1. The van der Waals surface area contributed by atoms with Gasteiger partial charge in [0.25, 0.3) is 20.2 Å². The number of fused-ring (bicyclic) bond motifs is 2. The van der Waals surface area contributed by atoms with Crippen molar-refractivity contribution < 1.29 is 25.9 Å². The smallest absolute Gasteiger partial charge is 0.295 e. The minimum Gasteiger partial charge on any atom is -0.398 e. The van der Waals surface area contributed by atoms with Gasteiger partial charge in [-0.25, -0.2) is 0 Å². The van der Waals surface area contributed by atoms with Gasteiger partial charge in [-0.15, -0.1) is 15.3 Å². The summed E-state index contributed by atoms with van der Waals surface area (Å²) in [7, 11) is -9.09. The van der Waals surface area contributed by atoms with E-state index in [0.717, 1.165) is 0 Å². The zero-order valence-electron chi connectivity index (χ0n) is 19.9. The second-order valence-electron chi connectivity index (χ2n) is 8.35. The quantitative estimate of drug-likeness (QED) is 0.114. The van der Waals surface area contributed by atoms with Crippen LogP contribution in [0.5, 0.6) is 0 Å². The summed E-state index contributed by atoms with van der Waals surface area (Å²) in [6.45, 7) is 0. The van der Waals surface area contributed by atoms with Crippen molar-refractivity contribution >= 4 is 70.2 Å². The number of azo groups is 2. The van der Waals surface area contributed by atoms with Crippen LogP contribution in [0, 0.1) is 0 Å². The van der Waals surface area contributed by atoms with Gasteiger partial charge in [-0.05, 0) is 54.6 Å². The standard InChI is InChI=1S/C26H19N5O6S2/c27-21-8-4-7-19-23(13-14-25(26(19)21)39(35,36)37)30-31-24-12-11-22(29-28-16-5-2-1-3-6-16)18-10-9-17(15-20(18)24)38(32,33)34/h1-15H,27H2,(H,32,33,34)(H,35,36,37)/b29-28+,31-30+. The molecule has 0 unspecified atom stereocenters. The van der Waals surface area contributed by atoms with E-state index in [1.165, 1.54) is 36.4 Å². The van der Waals surface area contributed by atoms with Gasteiger partial charge in [0.15, 0.2) is 0 Å². The van der Waals surface area contributed by atoms with Crippen molar-refractivity contribution in [3.8, 4) is 0 Å². The van der Waals surface area contributed by atoms with Crippen molar-refractivity contribution in [3.63, 3.8) is 0 Å². The highest BCUT2D eigenvalue weighted by Crippen LogP contribution is 2.39. The largest absolute Gasteiger partial charge is 0.398 e. The predicted molar refractivity (Wildman–Crippen MR) is 147 cm³/mol. The first-order valence-electron chi connectivity index (χ1n) is 11.2. The van der Waals surface area contributed by atoms with Gasteiger partial charge in [0.1, 0.15) is 4.90 Å². The van der Waals surface area contributed by atoms with Crippen LogP contribution in [0.1, 0.15) is 0 Å². The fourth-order valence-electron chi connectivity index (χ4n) is 4.03. The van der Waals surface area contributed by atoms with Crippen LogP contribution in [-0.4, -0.2) is 25.9 Å². The van der Waals surface area contributed by atoms with Crippen LogP contribution in [0.4, 0.5) is 28.4 Å². The summed E-state index contributed by atoms with van der Waals surface area (Å²) in [5.41, 5.74) is 7.64. The highest BCUT2D eigenvalue weighted by molar-refractivity contribution is 7.86. The Morgan fingerprint density at radius 2 is 1.18 bits per heavy atom. The average molecular weight is 562 g/mol. The lowest BCUT2D eigenvalue weighted by molar-refractivity contribution is 0.481.